The van der Waals surface area contributed by atoms with Crippen molar-refractivity contribution < 1.29 is 14.6 Å². The summed E-state index contributed by atoms with van der Waals surface area (Å²) in [6.07, 6.45) is 1.56. The molecule has 86 valence electrons. The minimum absolute atomic E-state index is 0.0471. The molecule has 0 fully saturated rings. The van der Waals surface area contributed by atoms with Crippen LogP contribution in [0, 0.1) is 11.3 Å². The summed E-state index contributed by atoms with van der Waals surface area (Å²) in [5.41, 5.74) is 0.208. The Balaban J connectivity index is 2.69. The molecule has 2 rings (SSSR count). The molecule has 0 aliphatic heterocycles. The van der Waals surface area contributed by atoms with Gasteiger partial charge in [0.05, 0.1) is 12.1 Å². The van der Waals surface area contributed by atoms with E-state index in [9.17, 15) is 9.90 Å². The zero-order chi connectivity index (χ0) is 12.4. The first kappa shape index (κ1) is 11.0. The molecule has 0 saturated heterocycles. The molecule has 0 atom stereocenters. The number of fused-ring (bicyclic) bond motifs is 1. The third-order valence-corrected chi connectivity index (χ3v) is 2.26. The number of aromatic nitrogens is 2. The highest BCUT2D eigenvalue weighted by molar-refractivity contribution is 5.99. The molecule has 0 amide bonds. The number of esters is 1. The molecule has 2 aromatic heterocycles. The van der Waals surface area contributed by atoms with Gasteiger partial charge in [-0.05, 0) is 13.0 Å². The van der Waals surface area contributed by atoms with Gasteiger partial charge in [0.15, 0.2) is 17.1 Å². The van der Waals surface area contributed by atoms with Gasteiger partial charge in [0, 0.05) is 11.6 Å². The molecule has 0 aromatic carbocycles. The van der Waals surface area contributed by atoms with Crippen LogP contribution < -0.4 is 0 Å². The first-order valence-electron chi connectivity index (χ1n) is 4.96. The van der Waals surface area contributed by atoms with E-state index in [1.54, 1.807) is 19.2 Å². The van der Waals surface area contributed by atoms with Crippen LogP contribution in [0.25, 0.3) is 10.9 Å². The lowest BCUT2D eigenvalue weighted by Gasteiger charge is -2.05. The number of aromatic hydroxyl groups is 1. The monoisotopic (exact) mass is 231 g/mol. The van der Waals surface area contributed by atoms with Crippen LogP contribution in [0.1, 0.15) is 23.1 Å². The topological polar surface area (TPSA) is 99.0 Å². The van der Waals surface area contributed by atoms with Gasteiger partial charge in [0.2, 0.25) is 0 Å². The molecule has 17 heavy (non-hydrogen) atoms. The summed E-state index contributed by atoms with van der Waals surface area (Å²) >= 11 is 0. The van der Waals surface area contributed by atoms with Gasteiger partial charge < -0.3 is 14.8 Å². The van der Waals surface area contributed by atoms with Gasteiger partial charge in [0.1, 0.15) is 6.07 Å². The number of nitriles is 1. The smallest absolute Gasteiger partial charge is 0.360 e. The third kappa shape index (κ3) is 1.67. The predicted molar refractivity (Wildman–Crippen MR) is 58.4 cm³/mol. The fraction of sp³-hybridized carbons (Fsp3) is 0.182. The Morgan fingerprint density at radius 1 is 1.71 bits per heavy atom. The van der Waals surface area contributed by atoms with E-state index < -0.39 is 5.97 Å². The molecule has 2 N–H and O–H groups in total. The maximum absolute atomic E-state index is 11.5. The van der Waals surface area contributed by atoms with Crippen LogP contribution in [0.3, 0.4) is 0 Å². The van der Waals surface area contributed by atoms with Crippen LogP contribution in [0.2, 0.25) is 0 Å². The molecule has 0 unspecified atom stereocenters. The summed E-state index contributed by atoms with van der Waals surface area (Å²) in [7, 11) is 0. The van der Waals surface area contributed by atoms with Crippen LogP contribution in [0.4, 0.5) is 0 Å². The van der Waals surface area contributed by atoms with Crippen molar-refractivity contribution in [3.63, 3.8) is 0 Å². The predicted octanol–water partition coefficient (Wildman–Crippen LogP) is 1.32. The Hall–Kier alpha value is -2.55. The second kappa shape index (κ2) is 4.14. The van der Waals surface area contributed by atoms with E-state index >= 15 is 0 Å². The van der Waals surface area contributed by atoms with Crippen LogP contribution in [0.15, 0.2) is 12.3 Å². The number of hydrogen-bond acceptors (Lipinski definition) is 5. The van der Waals surface area contributed by atoms with E-state index in [-0.39, 0.29) is 23.7 Å². The van der Waals surface area contributed by atoms with Crippen LogP contribution >= 0.6 is 0 Å². The summed E-state index contributed by atoms with van der Waals surface area (Å²) in [6.45, 7) is 1.82. The highest BCUT2D eigenvalue weighted by Gasteiger charge is 2.20. The number of hydrogen-bond donors (Lipinski definition) is 2. The van der Waals surface area contributed by atoms with E-state index in [0.717, 1.165) is 0 Å². The maximum Gasteiger partial charge on any atom is 0.360 e. The van der Waals surface area contributed by atoms with Gasteiger partial charge in [-0.25, -0.2) is 9.78 Å². The molecular weight excluding hydrogens is 222 g/mol. The molecule has 0 aliphatic rings. The van der Waals surface area contributed by atoms with Crippen molar-refractivity contribution in [2.24, 2.45) is 0 Å². The lowest BCUT2D eigenvalue weighted by atomic mass is 10.2. The first-order valence-corrected chi connectivity index (χ1v) is 4.96. The van der Waals surface area contributed by atoms with Crippen molar-refractivity contribution in [3.05, 3.63) is 23.7 Å². The molecule has 2 aromatic rings. The number of carbonyl (C=O) groups excluding carboxylic acids is 1. The Kier molecular flexibility index (Phi) is 2.66. The SMILES string of the molecule is CCOC(=O)c1nc(C#N)c2[nH]ccc2c1O. The molecule has 6 heteroatoms. The summed E-state index contributed by atoms with van der Waals surface area (Å²) in [5, 5.41) is 19.2. The van der Waals surface area contributed by atoms with Crippen molar-refractivity contribution >= 4 is 16.9 Å². The van der Waals surface area contributed by atoms with E-state index in [0.29, 0.717) is 10.9 Å². The average Bonchev–Trinajstić information content (AvgIpc) is 2.79. The van der Waals surface area contributed by atoms with Gasteiger partial charge in [-0.1, -0.05) is 0 Å². The molecule has 0 aliphatic carbocycles. The van der Waals surface area contributed by atoms with Crippen molar-refractivity contribution in [3.8, 4) is 11.8 Å². The quantitative estimate of drug-likeness (QED) is 0.759. The number of rotatable bonds is 2. The number of aromatic amines is 1. The summed E-state index contributed by atoms with van der Waals surface area (Å²) in [4.78, 5) is 18.1. The number of nitrogens with zero attached hydrogens (tertiary/aromatic N) is 2. The van der Waals surface area contributed by atoms with Crippen LogP contribution in [-0.2, 0) is 4.74 Å². The van der Waals surface area contributed by atoms with E-state index in [2.05, 4.69) is 9.97 Å². The number of nitrogens with one attached hydrogen (secondary N) is 1. The molecule has 0 bridgehead atoms. The van der Waals surface area contributed by atoms with E-state index in [4.69, 9.17) is 10.00 Å². The molecule has 0 spiro atoms. The fourth-order valence-corrected chi connectivity index (χ4v) is 1.53. The van der Waals surface area contributed by atoms with Gasteiger partial charge >= 0.3 is 5.97 Å². The number of H-pyrrole nitrogens is 1. The van der Waals surface area contributed by atoms with Crippen molar-refractivity contribution in [2.45, 2.75) is 6.92 Å². The molecule has 6 nitrogen and oxygen atoms in total. The highest BCUT2D eigenvalue weighted by atomic mass is 16.5. The second-order valence-electron chi connectivity index (χ2n) is 3.26. The largest absolute Gasteiger partial charge is 0.505 e. The lowest BCUT2D eigenvalue weighted by Crippen LogP contribution is -2.08. The van der Waals surface area contributed by atoms with E-state index in [1.165, 1.54) is 0 Å². The normalized spacial score (nSPS) is 10.1. The van der Waals surface area contributed by atoms with Gasteiger partial charge in [-0.15, -0.1) is 0 Å². The minimum Gasteiger partial charge on any atom is -0.505 e. The molecule has 2 heterocycles. The van der Waals surface area contributed by atoms with Crippen molar-refractivity contribution in [1.82, 2.24) is 9.97 Å². The van der Waals surface area contributed by atoms with Crippen molar-refractivity contribution in [2.75, 3.05) is 6.61 Å². The number of carbonyl (C=O) groups is 1. The highest BCUT2D eigenvalue weighted by Crippen LogP contribution is 2.28. The molecule has 0 saturated carbocycles. The summed E-state index contributed by atoms with van der Waals surface area (Å²) in [6, 6.07) is 3.42. The zero-order valence-electron chi connectivity index (χ0n) is 9.02. The maximum atomic E-state index is 11.5. The molecule has 0 radical (unpaired) electrons. The van der Waals surface area contributed by atoms with Crippen LogP contribution in [-0.4, -0.2) is 27.7 Å². The second-order valence-corrected chi connectivity index (χ2v) is 3.26. The Bertz CT molecular complexity index is 625. The van der Waals surface area contributed by atoms with E-state index in [1.807, 2.05) is 6.07 Å². The van der Waals surface area contributed by atoms with Crippen LogP contribution in [0.5, 0.6) is 5.75 Å². The molecular formula is C11H9N3O3. The summed E-state index contributed by atoms with van der Waals surface area (Å²) in [5.74, 6) is -1.02. The third-order valence-electron chi connectivity index (χ3n) is 2.26. The zero-order valence-corrected chi connectivity index (χ0v) is 9.02. The lowest BCUT2D eigenvalue weighted by molar-refractivity contribution is 0.0516. The first-order chi connectivity index (χ1) is 8.19. The fourth-order valence-electron chi connectivity index (χ4n) is 1.53. The summed E-state index contributed by atoms with van der Waals surface area (Å²) < 4.78 is 4.75. The van der Waals surface area contributed by atoms with Gasteiger partial charge in [-0.2, -0.15) is 5.26 Å². The number of ether oxygens (including phenoxy) is 1. The Labute approximate surface area is 96.5 Å². The average molecular weight is 231 g/mol. The Morgan fingerprint density at radius 3 is 3.12 bits per heavy atom. The van der Waals surface area contributed by atoms with Gasteiger partial charge in [0.25, 0.3) is 0 Å². The number of pyridine rings is 1. The van der Waals surface area contributed by atoms with Crippen molar-refractivity contribution in [1.29, 1.82) is 5.26 Å². The Morgan fingerprint density at radius 2 is 2.47 bits per heavy atom. The standard InChI is InChI=1S/C11H9N3O3/c1-2-17-11(16)9-10(15)6-3-4-13-8(6)7(5-12)14-9/h3-4,13,15H,2H2,1H3. The van der Waals surface area contributed by atoms with Gasteiger partial charge in [-0.3, -0.25) is 0 Å². The minimum atomic E-state index is -0.746.